The lowest BCUT2D eigenvalue weighted by Gasteiger charge is -2.24. The van der Waals surface area contributed by atoms with Gasteiger partial charge in [-0.15, -0.1) is 12.4 Å². The average molecular weight is 310 g/mol. The Kier molecular flexibility index (Phi) is 6.00. The van der Waals surface area contributed by atoms with Gasteiger partial charge in [0.2, 0.25) is 5.91 Å². The molecule has 1 aliphatic heterocycles. The van der Waals surface area contributed by atoms with E-state index in [1.54, 1.807) is 12.4 Å². The van der Waals surface area contributed by atoms with E-state index < -0.39 is 0 Å². The number of amides is 1. The molecule has 21 heavy (non-hydrogen) atoms. The number of hydrogen-bond acceptors (Lipinski definition) is 3. The van der Waals surface area contributed by atoms with Gasteiger partial charge in [0.15, 0.2) is 0 Å². The maximum atomic E-state index is 12.2. The molecule has 3 rings (SSSR count). The highest BCUT2D eigenvalue weighted by atomic mass is 35.5. The minimum atomic E-state index is 0. The van der Waals surface area contributed by atoms with Crippen LogP contribution in [-0.2, 0) is 11.2 Å². The Labute approximate surface area is 132 Å². The van der Waals surface area contributed by atoms with Crippen LogP contribution >= 0.6 is 12.4 Å². The molecule has 1 aromatic heterocycles. The van der Waals surface area contributed by atoms with E-state index in [1.165, 1.54) is 31.2 Å². The maximum absolute atomic E-state index is 12.2. The quantitative estimate of drug-likeness (QED) is 0.895. The molecule has 5 heteroatoms. The number of fused-ring (bicyclic) bond motifs is 1. The summed E-state index contributed by atoms with van der Waals surface area (Å²) in [4.78, 5) is 16.2. The molecule has 1 saturated heterocycles. The van der Waals surface area contributed by atoms with Crippen molar-refractivity contribution in [2.45, 2.75) is 50.6 Å². The summed E-state index contributed by atoms with van der Waals surface area (Å²) in [5, 5.41) is 6.58. The van der Waals surface area contributed by atoms with Gasteiger partial charge in [-0.25, -0.2) is 0 Å². The van der Waals surface area contributed by atoms with E-state index in [-0.39, 0.29) is 24.4 Å². The third-order valence-corrected chi connectivity index (χ3v) is 4.64. The Hall–Kier alpha value is -1.13. The summed E-state index contributed by atoms with van der Waals surface area (Å²) >= 11 is 0. The van der Waals surface area contributed by atoms with Gasteiger partial charge < -0.3 is 10.6 Å². The van der Waals surface area contributed by atoms with E-state index in [1.807, 2.05) is 12.1 Å². The van der Waals surface area contributed by atoms with Gasteiger partial charge in [-0.1, -0.05) is 12.8 Å². The zero-order valence-corrected chi connectivity index (χ0v) is 13.1. The van der Waals surface area contributed by atoms with Gasteiger partial charge in [-0.05, 0) is 49.3 Å². The van der Waals surface area contributed by atoms with E-state index in [0.717, 1.165) is 18.8 Å². The lowest BCUT2D eigenvalue weighted by Crippen LogP contribution is -2.43. The summed E-state index contributed by atoms with van der Waals surface area (Å²) in [7, 11) is 0. The second-order valence-corrected chi connectivity index (χ2v) is 6.00. The van der Waals surface area contributed by atoms with Crippen LogP contribution in [0.3, 0.4) is 0 Å². The number of nitrogens with one attached hydrogen (secondary N) is 2. The van der Waals surface area contributed by atoms with Crippen molar-refractivity contribution in [1.29, 1.82) is 0 Å². The number of carbonyl (C=O) groups is 1. The summed E-state index contributed by atoms with van der Waals surface area (Å²) in [6.45, 7) is 0.705. The summed E-state index contributed by atoms with van der Waals surface area (Å²) in [6.07, 6.45) is 10.6. The van der Waals surface area contributed by atoms with Crippen LogP contribution in [0.15, 0.2) is 24.5 Å². The van der Waals surface area contributed by atoms with Gasteiger partial charge >= 0.3 is 0 Å². The van der Waals surface area contributed by atoms with Crippen LogP contribution in [0.4, 0.5) is 0 Å². The summed E-state index contributed by atoms with van der Waals surface area (Å²) in [6, 6.07) is 4.60. The number of rotatable bonds is 4. The standard InChI is InChI=1S/C16H23N3O.ClH/c20-16(18-10-7-12-5-8-17-9-6-12)15-11-13-3-1-2-4-14(13)19-15;/h5-6,8-9,13-15,19H,1-4,7,10-11H2,(H,18,20);1H. The monoisotopic (exact) mass is 309 g/mol. The number of aromatic nitrogens is 1. The largest absolute Gasteiger partial charge is 0.354 e. The molecule has 1 saturated carbocycles. The Morgan fingerprint density at radius 2 is 2.05 bits per heavy atom. The molecule has 0 aromatic carbocycles. The summed E-state index contributed by atoms with van der Waals surface area (Å²) in [5.41, 5.74) is 1.22. The number of hydrogen-bond donors (Lipinski definition) is 2. The summed E-state index contributed by atoms with van der Waals surface area (Å²) in [5.74, 6) is 0.896. The van der Waals surface area contributed by atoms with Gasteiger partial charge in [-0.3, -0.25) is 9.78 Å². The second kappa shape index (κ2) is 7.76. The van der Waals surface area contributed by atoms with Crippen LogP contribution in [0.1, 0.15) is 37.7 Å². The Morgan fingerprint density at radius 3 is 2.81 bits per heavy atom. The Bertz CT molecular complexity index is 440. The van der Waals surface area contributed by atoms with E-state index in [9.17, 15) is 4.79 Å². The van der Waals surface area contributed by atoms with Gasteiger partial charge in [0.05, 0.1) is 6.04 Å². The fourth-order valence-electron chi connectivity index (χ4n) is 3.52. The van der Waals surface area contributed by atoms with Crippen molar-refractivity contribution in [2.24, 2.45) is 5.92 Å². The first kappa shape index (κ1) is 16.2. The molecule has 1 amide bonds. The molecule has 1 aliphatic carbocycles. The van der Waals surface area contributed by atoms with Gasteiger partial charge in [0.1, 0.15) is 0 Å². The van der Waals surface area contributed by atoms with Crippen molar-refractivity contribution in [3.05, 3.63) is 30.1 Å². The fraction of sp³-hybridized carbons (Fsp3) is 0.625. The van der Waals surface area contributed by atoms with Crippen LogP contribution in [-0.4, -0.2) is 29.5 Å². The zero-order chi connectivity index (χ0) is 13.8. The van der Waals surface area contributed by atoms with E-state index in [4.69, 9.17) is 0 Å². The van der Waals surface area contributed by atoms with Crippen LogP contribution < -0.4 is 10.6 Å². The third kappa shape index (κ3) is 4.17. The van der Waals surface area contributed by atoms with Gasteiger partial charge in [0, 0.05) is 25.0 Å². The maximum Gasteiger partial charge on any atom is 0.237 e. The predicted molar refractivity (Wildman–Crippen MR) is 85.5 cm³/mol. The van der Waals surface area contributed by atoms with E-state index in [2.05, 4.69) is 15.6 Å². The number of carbonyl (C=O) groups excluding carboxylic acids is 1. The third-order valence-electron chi connectivity index (χ3n) is 4.64. The van der Waals surface area contributed by atoms with Crippen molar-refractivity contribution in [3.63, 3.8) is 0 Å². The highest BCUT2D eigenvalue weighted by Gasteiger charge is 2.37. The molecule has 2 heterocycles. The Balaban J connectivity index is 0.00000161. The minimum Gasteiger partial charge on any atom is -0.354 e. The summed E-state index contributed by atoms with van der Waals surface area (Å²) < 4.78 is 0. The molecule has 2 N–H and O–H groups in total. The number of pyridine rings is 1. The normalized spacial score (nSPS) is 27.5. The van der Waals surface area contributed by atoms with Crippen molar-refractivity contribution in [2.75, 3.05) is 6.54 Å². The van der Waals surface area contributed by atoms with E-state index in [0.29, 0.717) is 12.6 Å². The van der Waals surface area contributed by atoms with Crippen LogP contribution in [0.2, 0.25) is 0 Å². The lowest BCUT2D eigenvalue weighted by molar-refractivity contribution is -0.122. The van der Waals surface area contributed by atoms with Crippen LogP contribution in [0.5, 0.6) is 0 Å². The molecule has 0 spiro atoms. The molecule has 2 fully saturated rings. The topological polar surface area (TPSA) is 54.0 Å². The molecular weight excluding hydrogens is 286 g/mol. The van der Waals surface area contributed by atoms with Crippen molar-refractivity contribution < 1.29 is 4.79 Å². The SMILES string of the molecule is Cl.O=C(NCCc1ccncc1)C1CC2CCCCC2N1. The highest BCUT2D eigenvalue weighted by Crippen LogP contribution is 2.33. The molecule has 3 unspecified atom stereocenters. The molecule has 116 valence electrons. The molecule has 3 atom stereocenters. The first-order valence-corrected chi connectivity index (χ1v) is 7.75. The van der Waals surface area contributed by atoms with Crippen molar-refractivity contribution in [1.82, 2.24) is 15.6 Å². The van der Waals surface area contributed by atoms with Crippen LogP contribution in [0.25, 0.3) is 0 Å². The van der Waals surface area contributed by atoms with Gasteiger partial charge in [0.25, 0.3) is 0 Å². The fourth-order valence-corrected chi connectivity index (χ4v) is 3.52. The smallest absolute Gasteiger partial charge is 0.237 e. The van der Waals surface area contributed by atoms with Crippen molar-refractivity contribution >= 4 is 18.3 Å². The van der Waals surface area contributed by atoms with E-state index >= 15 is 0 Å². The molecular formula is C16H24ClN3O. The molecule has 0 radical (unpaired) electrons. The number of halogens is 1. The minimum absolute atomic E-state index is 0. The lowest BCUT2D eigenvalue weighted by atomic mass is 9.85. The molecule has 1 aromatic rings. The van der Waals surface area contributed by atoms with Crippen LogP contribution in [0, 0.1) is 5.92 Å². The number of nitrogens with zero attached hydrogens (tertiary/aromatic N) is 1. The zero-order valence-electron chi connectivity index (χ0n) is 12.3. The first-order valence-electron chi connectivity index (χ1n) is 7.75. The molecule has 0 bridgehead atoms. The average Bonchev–Trinajstić information content (AvgIpc) is 2.92. The Morgan fingerprint density at radius 1 is 1.29 bits per heavy atom. The predicted octanol–water partition coefficient (Wildman–Crippen LogP) is 2.08. The second-order valence-electron chi connectivity index (χ2n) is 6.00. The van der Waals surface area contributed by atoms with Crippen molar-refractivity contribution in [3.8, 4) is 0 Å². The first-order chi connectivity index (χ1) is 9.83. The molecule has 2 aliphatic rings. The highest BCUT2D eigenvalue weighted by molar-refractivity contribution is 5.85. The van der Waals surface area contributed by atoms with Gasteiger partial charge in [-0.2, -0.15) is 0 Å². The molecule has 4 nitrogen and oxygen atoms in total.